The molecule has 0 bridgehead atoms. The number of carbonyl (C=O) groups excluding carboxylic acids is 1. The molecule has 5 nitrogen and oxygen atoms in total. The molecule has 31 heavy (non-hydrogen) atoms. The molecule has 0 spiro atoms. The number of benzene rings is 1. The Morgan fingerprint density at radius 2 is 1.94 bits per heavy atom. The van der Waals surface area contributed by atoms with Crippen LogP contribution in [0.2, 0.25) is 0 Å². The lowest BCUT2D eigenvalue weighted by Gasteiger charge is -2.46. The lowest BCUT2D eigenvalue weighted by molar-refractivity contribution is -0.316. The summed E-state index contributed by atoms with van der Waals surface area (Å²) in [5, 5.41) is 13.7. The van der Waals surface area contributed by atoms with Gasteiger partial charge < -0.3 is 10.8 Å². The number of carbonyl (C=O) groups is 1. The highest BCUT2D eigenvalue weighted by Crippen LogP contribution is 2.60. The highest BCUT2D eigenvalue weighted by atomic mass is 19.3. The molecule has 1 amide bonds. The van der Waals surface area contributed by atoms with Gasteiger partial charge in [0.05, 0.1) is 36.4 Å². The largest absolute Gasteiger partial charge is 0.394 e. The van der Waals surface area contributed by atoms with Crippen LogP contribution in [0.1, 0.15) is 43.4 Å². The van der Waals surface area contributed by atoms with Crippen LogP contribution in [0.4, 0.5) is 22.0 Å². The minimum absolute atomic E-state index is 0.0332. The van der Waals surface area contributed by atoms with Crippen LogP contribution >= 0.6 is 0 Å². The van der Waals surface area contributed by atoms with Gasteiger partial charge in [0.15, 0.2) is 0 Å². The molecule has 1 heterocycles. The number of amides is 1. The predicted molar refractivity (Wildman–Crippen MR) is 103 cm³/mol. The molecule has 1 aromatic carbocycles. The molecule has 2 aromatic rings. The number of alkyl halides is 4. The van der Waals surface area contributed by atoms with E-state index in [-0.39, 0.29) is 18.8 Å². The second-order valence-corrected chi connectivity index (χ2v) is 7.79. The smallest absolute Gasteiger partial charge is 0.314 e. The molecule has 1 saturated carbocycles. The fraction of sp³-hybridized carbons (Fsp3) is 0.524. The number of primary amides is 1. The number of unbranched alkanes of at least 4 members (excludes halogenated alkanes) is 1. The summed E-state index contributed by atoms with van der Waals surface area (Å²) >= 11 is 0. The van der Waals surface area contributed by atoms with Gasteiger partial charge in [-0.25, -0.2) is 4.39 Å². The molecule has 10 heteroatoms. The van der Waals surface area contributed by atoms with E-state index in [0.29, 0.717) is 29.7 Å². The third-order valence-electron chi connectivity index (χ3n) is 5.72. The summed E-state index contributed by atoms with van der Waals surface area (Å²) < 4.78 is 70.2. The number of hydrogen-bond acceptors (Lipinski definition) is 3. The van der Waals surface area contributed by atoms with E-state index in [9.17, 15) is 31.9 Å². The standard InChI is InChI=1S/C21H24F5N3O2/c1-2-3-4-14-17(16(19(27)31)15-11-20(23,24)21(15,25)26)28-29(9-10-30)18(14)12-5-7-13(22)8-6-12/h5-8,15-16,30H,2-4,9-11H2,1H3,(H2,27,31). The summed E-state index contributed by atoms with van der Waals surface area (Å²) in [6.45, 7) is 1.53. The third-order valence-corrected chi connectivity index (χ3v) is 5.72. The van der Waals surface area contributed by atoms with Crippen LogP contribution in [0.25, 0.3) is 11.3 Å². The molecule has 0 aliphatic heterocycles. The van der Waals surface area contributed by atoms with Crippen LogP contribution in [0.5, 0.6) is 0 Å². The van der Waals surface area contributed by atoms with E-state index in [0.717, 1.165) is 6.42 Å². The van der Waals surface area contributed by atoms with Crippen molar-refractivity contribution in [2.24, 2.45) is 11.7 Å². The van der Waals surface area contributed by atoms with Gasteiger partial charge >= 0.3 is 11.8 Å². The summed E-state index contributed by atoms with van der Waals surface area (Å²) in [5.74, 6) is -14.0. The van der Waals surface area contributed by atoms with Crippen molar-refractivity contribution in [3.05, 3.63) is 41.3 Å². The Labute approximate surface area is 176 Å². The van der Waals surface area contributed by atoms with E-state index >= 15 is 0 Å². The predicted octanol–water partition coefficient (Wildman–Crippen LogP) is 3.88. The molecule has 0 radical (unpaired) electrons. The monoisotopic (exact) mass is 445 g/mol. The third kappa shape index (κ3) is 4.05. The summed E-state index contributed by atoms with van der Waals surface area (Å²) in [4.78, 5) is 12.2. The van der Waals surface area contributed by atoms with Gasteiger partial charge in [0.25, 0.3) is 0 Å². The number of nitrogens with zero attached hydrogens (tertiary/aromatic N) is 2. The van der Waals surface area contributed by atoms with Crippen molar-refractivity contribution >= 4 is 5.91 Å². The number of rotatable bonds is 9. The summed E-state index contributed by atoms with van der Waals surface area (Å²) in [7, 11) is 0. The maximum absolute atomic E-state index is 14.2. The van der Waals surface area contributed by atoms with Gasteiger partial charge in [-0.2, -0.15) is 22.7 Å². The molecule has 1 aromatic heterocycles. The maximum atomic E-state index is 14.2. The van der Waals surface area contributed by atoms with Crippen molar-refractivity contribution in [1.82, 2.24) is 9.78 Å². The minimum atomic E-state index is -4.40. The van der Waals surface area contributed by atoms with Crippen LogP contribution < -0.4 is 5.73 Å². The molecule has 3 N–H and O–H groups in total. The van der Waals surface area contributed by atoms with Crippen molar-refractivity contribution in [2.75, 3.05) is 6.61 Å². The summed E-state index contributed by atoms with van der Waals surface area (Å²) in [6.07, 6.45) is 0.475. The van der Waals surface area contributed by atoms with E-state index in [1.165, 1.54) is 28.9 Å². The van der Waals surface area contributed by atoms with E-state index in [1.54, 1.807) is 0 Å². The van der Waals surface area contributed by atoms with Crippen LogP contribution in [-0.2, 0) is 17.8 Å². The molecule has 3 rings (SSSR count). The van der Waals surface area contributed by atoms with E-state index in [2.05, 4.69) is 5.10 Å². The molecule has 1 aliphatic rings. The van der Waals surface area contributed by atoms with Gasteiger partial charge in [0.2, 0.25) is 5.91 Å². The molecule has 1 aliphatic carbocycles. The Morgan fingerprint density at radius 3 is 2.42 bits per heavy atom. The van der Waals surface area contributed by atoms with Gasteiger partial charge in [-0.1, -0.05) is 13.3 Å². The summed E-state index contributed by atoms with van der Waals surface area (Å²) in [5.41, 5.74) is 6.65. The van der Waals surface area contributed by atoms with Crippen molar-refractivity contribution in [1.29, 1.82) is 0 Å². The molecule has 170 valence electrons. The first-order valence-electron chi connectivity index (χ1n) is 10.1. The lowest BCUT2D eigenvalue weighted by atomic mass is 9.67. The molecular weight excluding hydrogens is 421 g/mol. The van der Waals surface area contributed by atoms with Crippen molar-refractivity contribution in [2.45, 2.75) is 56.9 Å². The number of nitrogens with two attached hydrogens (primary N) is 1. The molecule has 0 saturated heterocycles. The first-order valence-corrected chi connectivity index (χ1v) is 10.1. The van der Waals surface area contributed by atoms with Crippen molar-refractivity contribution in [3.8, 4) is 11.3 Å². The van der Waals surface area contributed by atoms with Crippen molar-refractivity contribution in [3.63, 3.8) is 0 Å². The average Bonchev–Trinajstić information content (AvgIpc) is 3.04. The highest BCUT2D eigenvalue weighted by Gasteiger charge is 2.74. The Balaban J connectivity index is 2.19. The van der Waals surface area contributed by atoms with E-state index in [1.807, 2.05) is 6.92 Å². The van der Waals surface area contributed by atoms with E-state index < -0.39 is 41.8 Å². The zero-order chi connectivity index (χ0) is 23.0. The normalized spacial score (nSPS) is 20.3. The second kappa shape index (κ2) is 8.57. The van der Waals surface area contributed by atoms with Crippen LogP contribution in [0.3, 0.4) is 0 Å². The van der Waals surface area contributed by atoms with Crippen LogP contribution in [-0.4, -0.2) is 39.2 Å². The van der Waals surface area contributed by atoms with Gasteiger partial charge in [0.1, 0.15) is 5.82 Å². The zero-order valence-electron chi connectivity index (χ0n) is 16.9. The van der Waals surface area contributed by atoms with Crippen molar-refractivity contribution < 1.29 is 31.9 Å². The second-order valence-electron chi connectivity index (χ2n) is 7.79. The number of aliphatic hydroxyl groups is 1. The van der Waals surface area contributed by atoms with Crippen LogP contribution in [0, 0.1) is 11.7 Å². The Kier molecular flexibility index (Phi) is 6.40. The number of halogens is 5. The van der Waals surface area contributed by atoms with E-state index in [4.69, 9.17) is 5.73 Å². The summed E-state index contributed by atoms with van der Waals surface area (Å²) in [6, 6.07) is 5.35. The number of hydrogen-bond donors (Lipinski definition) is 2. The fourth-order valence-electron chi connectivity index (χ4n) is 4.09. The molecule has 1 fully saturated rings. The Hall–Kier alpha value is -2.49. The molecule has 2 atom stereocenters. The van der Waals surface area contributed by atoms with Gasteiger partial charge in [-0.15, -0.1) is 0 Å². The van der Waals surface area contributed by atoms with Gasteiger partial charge in [-0.05, 0) is 37.1 Å². The average molecular weight is 445 g/mol. The Bertz CT molecular complexity index is 943. The Morgan fingerprint density at radius 1 is 1.29 bits per heavy atom. The first kappa shape index (κ1) is 23.2. The number of aromatic nitrogens is 2. The minimum Gasteiger partial charge on any atom is -0.394 e. The maximum Gasteiger partial charge on any atom is 0.314 e. The first-order chi connectivity index (χ1) is 14.5. The zero-order valence-corrected chi connectivity index (χ0v) is 16.9. The highest BCUT2D eigenvalue weighted by molar-refractivity contribution is 5.83. The fourth-order valence-corrected chi connectivity index (χ4v) is 4.09. The molecule has 2 unspecified atom stereocenters. The van der Waals surface area contributed by atoms with Gasteiger partial charge in [-0.3, -0.25) is 9.48 Å². The molecular formula is C21H24F5N3O2. The number of aliphatic hydroxyl groups excluding tert-OH is 1. The topological polar surface area (TPSA) is 81.1 Å². The lowest BCUT2D eigenvalue weighted by Crippen LogP contribution is -2.62. The SMILES string of the molecule is CCCCc1c(C(C(N)=O)C2CC(F)(F)C2(F)F)nn(CCO)c1-c1ccc(F)cc1. The van der Waals surface area contributed by atoms with Gasteiger partial charge in [0, 0.05) is 17.5 Å². The quantitative estimate of drug-likeness (QED) is 0.575. The van der Waals surface area contributed by atoms with Crippen LogP contribution in [0.15, 0.2) is 24.3 Å².